The van der Waals surface area contributed by atoms with Crippen LogP contribution in [0.1, 0.15) is 37.7 Å². The second-order valence-electron chi connectivity index (χ2n) is 17.0. The SMILES string of the molecule is C1=Nc2ccccc2C1.C1CCOC1.C1CCOCC1.c1ccc2cnccc2c1.c1ccc2ncccc2c1.c1ccncc1.c1ccnnc1.c1ccoc1.c1ccsc1.c1cn[nH]c1.c1cnccn1.c1cncnc1.c1cocn1.c1cscn1. The van der Waals surface area contributed by atoms with E-state index in [4.69, 9.17) is 9.47 Å². The standard InChI is InChI=1S/2C9H7N.C8H7N.C5H5N.C5H10O.3C4H4N2.C4H8O.C4H4O.C4H4S.C3H4N2.C3H3NO.C3H3NS/c1-2-6-9-8(4-1)5-3-7-10-9;1-2-4-9-7-10-6-5-8(9)3-1;1-2-4-8-7(3-1)5-6-9-8;2*1-2-4-6-5-3-1;1-2-6-4-3-5-1;1-2-5-4-6-3-1;1-2-4-6-5-3-1;4*1-2-4-5-3-1;2*1-2-5-3-4-1/h2*1-7H;1-4,6H,5H2;1-5H;1-5H2;3*1-4H;1-4H2;2*1-4H;1-3H,(H,4,5);2*1-3H. The van der Waals surface area contributed by atoms with E-state index in [0.29, 0.717) is 0 Å². The fourth-order valence-electron chi connectivity index (χ4n) is 6.38. The summed E-state index contributed by atoms with van der Waals surface area (Å²) in [7, 11) is 0. The number of hydrogen-bond acceptors (Lipinski definition) is 19. The maximum atomic E-state index is 5.07. The fraction of sp³-hybridized carbons (Fsp3) is 0.145. The number of oxazole rings is 1. The highest BCUT2D eigenvalue weighted by molar-refractivity contribution is 7.07. The Morgan fingerprint density at radius 2 is 1.01 bits per heavy atom. The molecule has 2 saturated heterocycles. The van der Waals surface area contributed by atoms with Crippen LogP contribution < -0.4 is 0 Å². The molecule has 1 N–H and O–H groups in total. The summed E-state index contributed by atoms with van der Waals surface area (Å²) in [5.41, 5.74) is 5.33. The number of para-hydroxylation sites is 2. The molecule has 456 valence electrons. The molecule has 17 rings (SSSR count). The Bertz CT molecular complexity index is 2850. The summed E-state index contributed by atoms with van der Waals surface area (Å²) in [6, 6.07) is 51.2. The third-order valence-corrected chi connectivity index (χ3v) is 11.6. The first-order valence-corrected chi connectivity index (χ1v) is 30.1. The first kappa shape index (κ1) is 71.0. The van der Waals surface area contributed by atoms with Gasteiger partial charge < -0.3 is 18.3 Å². The van der Waals surface area contributed by atoms with Gasteiger partial charge in [0.25, 0.3) is 0 Å². The summed E-state index contributed by atoms with van der Waals surface area (Å²) in [4.78, 5) is 38.2. The molecule has 0 atom stereocenters. The van der Waals surface area contributed by atoms with Gasteiger partial charge in [0.15, 0.2) is 6.39 Å². The smallest absolute Gasteiger partial charge is 0.180 e. The van der Waals surface area contributed by atoms with E-state index < -0.39 is 0 Å². The number of ether oxygens (including phenoxy) is 2. The van der Waals surface area contributed by atoms with Crippen LogP contribution in [-0.2, 0) is 15.9 Å². The molecule has 0 saturated carbocycles. The maximum Gasteiger partial charge on any atom is 0.180 e. The topological polar surface area (TPSA) is 228 Å². The quantitative estimate of drug-likeness (QED) is 0.149. The van der Waals surface area contributed by atoms with Gasteiger partial charge in [0.1, 0.15) is 12.6 Å². The third kappa shape index (κ3) is 42.0. The maximum absolute atomic E-state index is 5.07. The lowest BCUT2D eigenvalue weighted by Gasteiger charge is -2.08. The van der Waals surface area contributed by atoms with Gasteiger partial charge in [-0.1, -0.05) is 84.9 Å². The normalized spacial score (nSPS) is 11.0. The van der Waals surface area contributed by atoms with Gasteiger partial charge in [-0.3, -0.25) is 40.0 Å². The lowest BCUT2D eigenvalue weighted by Crippen LogP contribution is -2.03. The Labute approximate surface area is 528 Å². The van der Waals surface area contributed by atoms with E-state index in [1.807, 2.05) is 162 Å². The number of furan rings is 1. The molecule has 0 bridgehead atoms. The lowest BCUT2D eigenvalue weighted by atomic mass is 10.2. The van der Waals surface area contributed by atoms with Crippen LogP contribution in [0.5, 0.6) is 0 Å². The van der Waals surface area contributed by atoms with Gasteiger partial charge in [-0.05, 0) is 132 Å². The van der Waals surface area contributed by atoms with Crippen LogP contribution in [0.4, 0.5) is 5.69 Å². The third-order valence-electron chi connectivity index (χ3n) is 10.5. The molecule has 0 amide bonds. The zero-order valence-electron chi connectivity index (χ0n) is 49.4. The number of nitrogens with one attached hydrogen (secondary N) is 1. The highest BCUT2D eigenvalue weighted by Crippen LogP contribution is 2.22. The highest BCUT2D eigenvalue weighted by atomic mass is 32.1. The van der Waals surface area contributed by atoms with Crippen molar-refractivity contribution in [2.24, 2.45) is 4.99 Å². The first-order chi connectivity index (χ1) is 44.4. The molecule has 3 aliphatic rings. The zero-order chi connectivity index (χ0) is 62.2. The summed E-state index contributed by atoms with van der Waals surface area (Å²) in [5, 5.41) is 22.9. The van der Waals surface area contributed by atoms with Crippen LogP contribution >= 0.6 is 22.7 Å². The predicted octanol–water partition coefficient (Wildman–Crippen LogP) is 16.2. The molecule has 0 spiro atoms. The number of pyridine rings is 3. The van der Waals surface area contributed by atoms with E-state index in [-0.39, 0.29) is 0 Å². The van der Waals surface area contributed by atoms with E-state index in [0.717, 1.165) is 44.1 Å². The van der Waals surface area contributed by atoms with Crippen LogP contribution in [0.2, 0.25) is 0 Å². The van der Waals surface area contributed by atoms with Crippen molar-refractivity contribution in [2.45, 2.75) is 38.5 Å². The molecular weight excluding hydrogens is 1150 g/mol. The second kappa shape index (κ2) is 55.4. The van der Waals surface area contributed by atoms with Crippen molar-refractivity contribution < 1.29 is 18.3 Å². The number of thiazole rings is 1. The van der Waals surface area contributed by atoms with Crippen molar-refractivity contribution in [1.29, 1.82) is 0 Å². The van der Waals surface area contributed by atoms with Crippen LogP contribution in [0.3, 0.4) is 0 Å². The number of aromatic nitrogens is 13. The average molecular weight is 1230 g/mol. The summed E-state index contributed by atoms with van der Waals surface area (Å²) in [6.07, 6.45) is 46.1. The summed E-state index contributed by atoms with van der Waals surface area (Å²) < 4.78 is 19.1. The Morgan fingerprint density at radius 3 is 1.40 bits per heavy atom. The van der Waals surface area contributed by atoms with Gasteiger partial charge >= 0.3 is 0 Å². The largest absolute Gasteiger partial charge is 0.473 e. The predicted molar refractivity (Wildman–Crippen MR) is 357 cm³/mol. The molecule has 18 nitrogen and oxygen atoms in total. The molecular formula is C69H74N14O4S2. The summed E-state index contributed by atoms with van der Waals surface area (Å²) in [6.45, 7) is 4.00. The number of fused-ring (bicyclic) bond motifs is 3. The van der Waals surface area contributed by atoms with Gasteiger partial charge in [0, 0.05) is 149 Å². The lowest BCUT2D eigenvalue weighted by molar-refractivity contribution is 0.0968. The minimum atomic E-state index is 1.00. The molecule has 3 aliphatic heterocycles. The van der Waals surface area contributed by atoms with E-state index in [1.165, 1.54) is 72.8 Å². The summed E-state index contributed by atoms with van der Waals surface area (Å²) in [5.74, 6) is 0. The van der Waals surface area contributed by atoms with Gasteiger partial charge in [-0.25, -0.2) is 15.0 Å². The number of aliphatic imine (C=N–C) groups is 1. The molecule has 0 aliphatic carbocycles. The molecule has 0 radical (unpaired) electrons. The number of thiophene rings is 1. The number of aromatic amines is 1. The van der Waals surface area contributed by atoms with Gasteiger partial charge in [-0.2, -0.15) is 26.6 Å². The molecule has 14 aromatic rings. The molecule has 0 unspecified atom stereocenters. The Morgan fingerprint density at radius 1 is 0.382 bits per heavy atom. The number of rotatable bonds is 0. The number of nitrogens with zero attached hydrogens (tertiary/aromatic N) is 13. The zero-order valence-corrected chi connectivity index (χ0v) is 51.1. The van der Waals surface area contributed by atoms with Crippen molar-refractivity contribution in [3.63, 3.8) is 0 Å². The Hall–Kier alpha value is -10.5. The van der Waals surface area contributed by atoms with Crippen molar-refractivity contribution >= 4 is 56.3 Å². The van der Waals surface area contributed by atoms with E-state index in [1.54, 1.807) is 134 Å². The average Bonchev–Trinajstić information content (AvgIpc) is 4.61. The van der Waals surface area contributed by atoms with E-state index in [2.05, 4.69) is 109 Å². The second-order valence-corrected chi connectivity index (χ2v) is 18.6. The molecule has 14 heterocycles. The van der Waals surface area contributed by atoms with Gasteiger partial charge in [0.2, 0.25) is 0 Å². The minimum Gasteiger partial charge on any atom is -0.473 e. The number of H-pyrrole nitrogens is 1. The Kier molecular flexibility index (Phi) is 44.2. The van der Waals surface area contributed by atoms with Crippen molar-refractivity contribution in [1.82, 2.24) is 65.3 Å². The number of benzene rings is 3. The van der Waals surface area contributed by atoms with Crippen LogP contribution in [0.25, 0.3) is 21.7 Å². The fourth-order valence-corrected chi connectivity index (χ4v) is 7.19. The van der Waals surface area contributed by atoms with Crippen molar-refractivity contribution in [3.8, 4) is 0 Å². The highest BCUT2D eigenvalue weighted by Gasteiger charge is 2.02. The Balaban J connectivity index is 0.000000206. The van der Waals surface area contributed by atoms with Crippen LogP contribution in [0, 0.1) is 0 Å². The van der Waals surface area contributed by atoms with Crippen LogP contribution in [-0.4, -0.2) is 97.9 Å². The molecule has 89 heavy (non-hydrogen) atoms. The van der Waals surface area contributed by atoms with Crippen LogP contribution in [0.15, 0.2) is 330 Å². The number of hydrogen-bond donors (Lipinski definition) is 1. The minimum absolute atomic E-state index is 1.00. The molecule has 20 heteroatoms. The molecule has 2 fully saturated rings. The molecule has 11 aromatic heterocycles. The van der Waals surface area contributed by atoms with Crippen molar-refractivity contribution in [3.05, 3.63) is 322 Å². The van der Waals surface area contributed by atoms with Gasteiger partial charge in [-0.15, -0.1) is 11.3 Å². The van der Waals surface area contributed by atoms with E-state index in [9.17, 15) is 0 Å². The van der Waals surface area contributed by atoms with Gasteiger partial charge in [0.05, 0.1) is 35.4 Å². The first-order valence-electron chi connectivity index (χ1n) is 28.2. The van der Waals surface area contributed by atoms with Crippen molar-refractivity contribution in [2.75, 3.05) is 26.4 Å². The molecule has 3 aromatic carbocycles. The monoisotopic (exact) mass is 1230 g/mol. The van der Waals surface area contributed by atoms with E-state index >= 15 is 0 Å². The summed E-state index contributed by atoms with van der Waals surface area (Å²) >= 11 is 3.31.